The Labute approximate surface area is 230 Å². The smallest absolute Gasteiger partial charge is 0.116 e. The number of aromatic nitrogens is 4. The molecule has 0 bridgehead atoms. The summed E-state index contributed by atoms with van der Waals surface area (Å²) in [6.07, 6.45) is 14.1. The first-order valence-corrected chi connectivity index (χ1v) is 13.7. The third-order valence-corrected chi connectivity index (χ3v) is 7.57. The van der Waals surface area contributed by atoms with Crippen molar-refractivity contribution >= 4 is 22.7 Å². The summed E-state index contributed by atoms with van der Waals surface area (Å²) in [5, 5.41) is 12.3. The van der Waals surface area contributed by atoms with Crippen molar-refractivity contribution in [3.8, 4) is 11.3 Å². The van der Waals surface area contributed by atoms with Gasteiger partial charge in [-0.25, -0.2) is 9.97 Å². The van der Waals surface area contributed by atoms with Gasteiger partial charge < -0.3 is 10.2 Å². The van der Waals surface area contributed by atoms with E-state index in [0.717, 1.165) is 78.4 Å². The van der Waals surface area contributed by atoms with Gasteiger partial charge in [0.2, 0.25) is 0 Å². The first kappa shape index (κ1) is 25.2. The van der Waals surface area contributed by atoms with Crippen LogP contribution >= 0.6 is 0 Å². The Kier molecular flexibility index (Phi) is 7.61. The van der Waals surface area contributed by atoms with Crippen molar-refractivity contribution in [3.63, 3.8) is 0 Å². The Morgan fingerprint density at radius 3 is 2.72 bits per heavy atom. The first-order chi connectivity index (χ1) is 19.2. The van der Waals surface area contributed by atoms with Crippen molar-refractivity contribution in [1.82, 2.24) is 30.0 Å². The van der Waals surface area contributed by atoms with Crippen LogP contribution in [0.1, 0.15) is 17.8 Å². The molecule has 2 aromatic carbocycles. The average Bonchev–Trinajstić information content (AvgIpc) is 3.40. The molecule has 2 aliphatic rings. The predicted octanol–water partition coefficient (Wildman–Crippen LogP) is 5.40. The van der Waals surface area contributed by atoms with Crippen molar-refractivity contribution in [3.05, 3.63) is 102 Å². The second-order valence-electron chi connectivity index (χ2n) is 10.5. The molecule has 1 atom stereocenters. The van der Waals surface area contributed by atoms with Crippen molar-refractivity contribution in [2.24, 2.45) is 5.92 Å². The third kappa shape index (κ3) is 6.33. The molecule has 0 spiro atoms. The standard InChI is InChI=1S/C32H35N7/c1-38-15-17-39(18-16-38)22-25-9-7-24(8-10-25)11-14-30-29-13-12-26(19-32(29)37-36-30)31-20-28(34-23-35-31)21-33-27-5-3-2-4-6-27/h2-7,9-14,19-20,23-24,33H,8,15-18,21-22H2,1H3,(H,36,37)/b14-11+. The van der Waals surface area contributed by atoms with Gasteiger partial charge >= 0.3 is 0 Å². The Balaban J connectivity index is 1.08. The van der Waals surface area contributed by atoms with Crippen LogP contribution in [0.25, 0.3) is 28.2 Å². The number of allylic oxidation sites excluding steroid dienone is 3. The maximum absolute atomic E-state index is 4.59. The summed E-state index contributed by atoms with van der Waals surface area (Å²) in [5.74, 6) is 0.399. The van der Waals surface area contributed by atoms with E-state index in [-0.39, 0.29) is 0 Å². The van der Waals surface area contributed by atoms with E-state index in [1.807, 2.05) is 36.4 Å². The molecular weight excluding hydrogens is 482 g/mol. The maximum Gasteiger partial charge on any atom is 0.116 e. The van der Waals surface area contributed by atoms with E-state index in [1.54, 1.807) is 6.33 Å². The Bertz CT molecular complexity index is 1490. The number of para-hydroxylation sites is 1. The monoisotopic (exact) mass is 517 g/mol. The fraction of sp³-hybridized carbons (Fsp3) is 0.281. The average molecular weight is 518 g/mol. The lowest BCUT2D eigenvalue weighted by Crippen LogP contribution is -2.45. The molecule has 1 aliphatic carbocycles. The first-order valence-electron chi connectivity index (χ1n) is 13.7. The zero-order chi connectivity index (χ0) is 26.4. The molecule has 39 heavy (non-hydrogen) atoms. The number of likely N-dealkylation sites (N-methyl/N-ethyl adjacent to an activating group) is 1. The van der Waals surface area contributed by atoms with Gasteiger partial charge in [0.25, 0.3) is 0 Å². The number of nitrogens with zero attached hydrogens (tertiary/aromatic N) is 5. The minimum absolute atomic E-state index is 0.399. The van der Waals surface area contributed by atoms with E-state index in [0.29, 0.717) is 12.5 Å². The highest BCUT2D eigenvalue weighted by Crippen LogP contribution is 2.26. The van der Waals surface area contributed by atoms with Crippen LogP contribution in [0.5, 0.6) is 0 Å². The molecular formula is C32H35N7. The van der Waals surface area contributed by atoms with E-state index in [4.69, 9.17) is 0 Å². The lowest BCUT2D eigenvalue weighted by molar-refractivity contribution is 0.164. The molecule has 0 amide bonds. The number of fused-ring (bicyclic) bond motifs is 1. The van der Waals surface area contributed by atoms with Gasteiger partial charge in [0.05, 0.1) is 29.1 Å². The highest BCUT2D eigenvalue weighted by atomic mass is 15.2. The van der Waals surface area contributed by atoms with Crippen molar-refractivity contribution in [1.29, 1.82) is 0 Å². The number of hydrogen-bond acceptors (Lipinski definition) is 6. The summed E-state index contributed by atoms with van der Waals surface area (Å²) in [6, 6.07) is 18.5. The molecule has 7 heteroatoms. The van der Waals surface area contributed by atoms with Crippen LogP contribution in [-0.2, 0) is 6.54 Å². The predicted molar refractivity (Wildman–Crippen MR) is 159 cm³/mol. The summed E-state index contributed by atoms with van der Waals surface area (Å²) in [7, 11) is 2.20. The van der Waals surface area contributed by atoms with Crippen LogP contribution in [-0.4, -0.2) is 69.7 Å². The fourth-order valence-corrected chi connectivity index (χ4v) is 5.15. The van der Waals surface area contributed by atoms with Gasteiger partial charge in [0.15, 0.2) is 0 Å². The molecule has 6 rings (SSSR count). The topological polar surface area (TPSA) is 73.0 Å². The van der Waals surface area contributed by atoms with Gasteiger partial charge in [-0.1, -0.05) is 48.6 Å². The number of nitrogens with one attached hydrogen (secondary N) is 2. The van der Waals surface area contributed by atoms with Crippen LogP contribution in [0.4, 0.5) is 5.69 Å². The second kappa shape index (κ2) is 11.8. The third-order valence-electron chi connectivity index (χ3n) is 7.57. The van der Waals surface area contributed by atoms with E-state index < -0.39 is 0 Å². The number of aromatic amines is 1. The molecule has 198 valence electrons. The number of hydrogen-bond donors (Lipinski definition) is 2. The molecule has 1 fully saturated rings. The van der Waals surface area contributed by atoms with Gasteiger partial charge in [0, 0.05) is 49.4 Å². The lowest BCUT2D eigenvalue weighted by Gasteiger charge is -2.33. The Hall–Kier alpha value is -4.07. The molecule has 0 saturated carbocycles. The SMILES string of the molecule is CN1CCN(CC2=CCC(/C=C/c3n[nH]c4cc(-c5cc(CNc6ccccc6)ncn5)ccc34)C=C2)CC1. The summed E-state index contributed by atoms with van der Waals surface area (Å²) in [5.41, 5.74) is 7.36. The van der Waals surface area contributed by atoms with Crippen LogP contribution in [0.2, 0.25) is 0 Å². The minimum atomic E-state index is 0.399. The normalized spacial score (nSPS) is 18.6. The van der Waals surface area contributed by atoms with Crippen molar-refractivity contribution in [2.45, 2.75) is 13.0 Å². The molecule has 1 unspecified atom stereocenters. The quantitative estimate of drug-likeness (QED) is 0.326. The summed E-state index contributed by atoms with van der Waals surface area (Å²) < 4.78 is 0. The number of piperazine rings is 1. The number of H-pyrrole nitrogens is 1. The highest BCUT2D eigenvalue weighted by Gasteiger charge is 2.15. The summed E-state index contributed by atoms with van der Waals surface area (Å²) >= 11 is 0. The molecule has 0 radical (unpaired) electrons. The minimum Gasteiger partial charge on any atom is -0.379 e. The molecule has 7 nitrogen and oxygen atoms in total. The highest BCUT2D eigenvalue weighted by molar-refractivity contribution is 5.89. The molecule has 1 saturated heterocycles. The van der Waals surface area contributed by atoms with Gasteiger partial charge in [-0.15, -0.1) is 0 Å². The molecule has 4 aromatic rings. The number of anilines is 1. The van der Waals surface area contributed by atoms with Crippen LogP contribution in [0.3, 0.4) is 0 Å². The molecule has 1 aliphatic heterocycles. The number of rotatable bonds is 8. The van der Waals surface area contributed by atoms with Crippen molar-refractivity contribution in [2.75, 3.05) is 45.1 Å². The van der Waals surface area contributed by atoms with Gasteiger partial charge in [0.1, 0.15) is 6.33 Å². The largest absolute Gasteiger partial charge is 0.379 e. The van der Waals surface area contributed by atoms with E-state index in [1.165, 1.54) is 5.57 Å². The second-order valence-corrected chi connectivity index (χ2v) is 10.5. The van der Waals surface area contributed by atoms with Crippen molar-refractivity contribution < 1.29 is 0 Å². The molecule has 2 aromatic heterocycles. The Morgan fingerprint density at radius 1 is 1.03 bits per heavy atom. The van der Waals surface area contributed by atoms with Crippen LogP contribution in [0.15, 0.2) is 90.8 Å². The fourth-order valence-electron chi connectivity index (χ4n) is 5.15. The molecule has 3 heterocycles. The van der Waals surface area contributed by atoms with E-state index in [9.17, 15) is 0 Å². The van der Waals surface area contributed by atoms with E-state index in [2.05, 4.69) is 90.9 Å². The zero-order valence-electron chi connectivity index (χ0n) is 22.4. The lowest BCUT2D eigenvalue weighted by atomic mass is 9.95. The summed E-state index contributed by atoms with van der Waals surface area (Å²) in [4.78, 5) is 13.9. The Morgan fingerprint density at radius 2 is 1.90 bits per heavy atom. The van der Waals surface area contributed by atoms with Crippen LogP contribution < -0.4 is 5.32 Å². The van der Waals surface area contributed by atoms with Gasteiger partial charge in [-0.3, -0.25) is 10.00 Å². The van der Waals surface area contributed by atoms with Gasteiger partial charge in [-0.2, -0.15) is 5.10 Å². The van der Waals surface area contributed by atoms with Crippen LogP contribution in [0, 0.1) is 5.92 Å². The van der Waals surface area contributed by atoms with Gasteiger partial charge in [-0.05, 0) is 61.4 Å². The maximum atomic E-state index is 4.59. The van der Waals surface area contributed by atoms with E-state index >= 15 is 0 Å². The zero-order valence-corrected chi connectivity index (χ0v) is 22.4. The number of benzene rings is 2. The summed E-state index contributed by atoms with van der Waals surface area (Å²) in [6.45, 7) is 6.33. The molecule has 2 N–H and O–H groups in total.